The minimum atomic E-state index is -0.682. The topological polar surface area (TPSA) is 121 Å². The highest BCUT2D eigenvalue weighted by Gasteiger charge is 2.15. The predicted octanol–water partition coefficient (Wildman–Crippen LogP) is 0.261. The van der Waals surface area contributed by atoms with Crippen molar-refractivity contribution in [3.8, 4) is 0 Å². The van der Waals surface area contributed by atoms with Gasteiger partial charge in [-0.2, -0.15) is 14.3 Å². The molecule has 108 valence electrons. The lowest BCUT2D eigenvalue weighted by Gasteiger charge is -1.97. The number of rotatable bonds is 4. The van der Waals surface area contributed by atoms with E-state index in [-0.39, 0.29) is 12.1 Å². The Morgan fingerprint density at radius 2 is 2.24 bits per heavy atom. The molecular formula is C10H9N7O3S. The lowest BCUT2D eigenvalue weighted by atomic mass is 10.4. The summed E-state index contributed by atoms with van der Waals surface area (Å²) in [7, 11) is 0. The van der Waals surface area contributed by atoms with Crippen LogP contribution in [0.25, 0.3) is 4.96 Å². The summed E-state index contributed by atoms with van der Waals surface area (Å²) in [5.74, 6) is -0.487. The van der Waals surface area contributed by atoms with E-state index in [0.717, 1.165) is 11.4 Å². The van der Waals surface area contributed by atoms with E-state index in [1.807, 2.05) is 6.92 Å². The third-order valence-electron chi connectivity index (χ3n) is 2.65. The SMILES string of the molecule is CCc1nn2c(=O)cc(Cn3cnc([N+](=O)[O-])n3)nc2s1. The molecule has 0 fully saturated rings. The lowest BCUT2D eigenvalue weighted by Crippen LogP contribution is -2.17. The molecular weight excluding hydrogens is 298 g/mol. The van der Waals surface area contributed by atoms with Crippen LogP contribution in [0.15, 0.2) is 17.2 Å². The fourth-order valence-corrected chi connectivity index (χ4v) is 2.59. The molecule has 0 unspecified atom stereocenters. The zero-order chi connectivity index (χ0) is 15.0. The van der Waals surface area contributed by atoms with Gasteiger partial charge >= 0.3 is 5.95 Å². The molecule has 21 heavy (non-hydrogen) atoms. The van der Waals surface area contributed by atoms with Crippen LogP contribution in [0, 0.1) is 10.1 Å². The summed E-state index contributed by atoms with van der Waals surface area (Å²) in [6.07, 6.45) is 1.95. The van der Waals surface area contributed by atoms with Gasteiger partial charge in [0.15, 0.2) is 0 Å². The number of aryl methyl sites for hydroxylation is 1. The van der Waals surface area contributed by atoms with Crippen LogP contribution >= 0.6 is 11.3 Å². The first-order valence-electron chi connectivity index (χ1n) is 5.99. The van der Waals surface area contributed by atoms with Crippen molar-refractivity contribution in [2.75, 3.05) is 0 Å². The molecule has 0 saturated heterocycles. The van der Waals surface area contributed by atoms with Gasteiger partial charge in [0.1, 0.15) is 11.6 Å². The van der Waals surface area contributed by atoms with Crippen molar-refractivity contribution in [1.82, 2.24) is 29.4 Å². The van der Waals surface area contributed by atoms with E-state index in [2.05, 4.69) is 20.2 Å². The maximum atomic E-state index is 11.9. The summed E-state index contributed by atoms with van der Waals surface area (Å²) in [5.41, 5.74) is 0.159. The average molecular weight is 307 g/mol. The zero-order valence-corrected chi connectivity index (χ0v) is 11.6. The van der Waals surface area contributed by atoms with Crippen molar-refractivity contribution in [2.45, 2.75) is 19.9 Å². The lowest BCUT2D eigenvalue weighted by molar-refractivity contribution is -0.394. The minimum absolute atomic E-state index is 0.131. The van der Waals surface area contributed by atoms with Crippen LogP contribution in [-0.4, -0.2) is 34.3 Å². The molecule has 0 aliphatic heterocycles. The van der Waals surface area contributed by atoms with Crippen LogP contribution in [0.3, 0.4) is 0 Å². The molecule has 3 rings (SSSR count). The highest BCUT2D eigenvalue weighted by molar-refractivity contribution is 7.16. The van der Waals surface area contributed by atoms with Gasteiger partial charge in [0, 0.05) is 11.2 Å². The second-order valence-electron chi connectivity index (χ2n) is 4.13. The summed E-state index contributed by atoms with van der Waals surface area (Å²) < 4.78 is 2.51. The van der Waals surface area contributed by atoms with E-state index in [1.165, 1.54) is 32.9 Å². The molecule has 0 saturated carbocycles. The summed E-state index contributed by atoms with van der Waals surface area (Å²) >= 11 is 1.33. The highest BCUT2D eigenvalue weighted by Crippen LogP contribution is 2.12. The standard InChI is InChI=1S/C10H9N7O3S/c1-2-7-13-16-8(18)3-6(12-10(16)21-7)4-15-5-11-9(14-15)17(19)20/h3,5H,2,4H2,1H3. The highest BCUT2D eigenvalue weighted by atomic mass is 32.1. The van der Waals surface area contributed by atoms with Gasteiger partial charge in [0.2, 0.25) is 11.3 Å². The molecule has 3 aromatic rings. The maximum Gasteiger partial charge on any atom is 0.490 e. The van der Waals surface area contributed by atoms with Gasteiger partial charge in [0.25, 0.3) is 5.56 Å². The van der Waals surface area contributed by atoms with Crippen LogP contribution in [0.4, 0.5) is 5.95 Å². The fraction of sp³-hybridized carbons (Fsp3) is 0.300. The average Bonchev–Trinajstić information content (AvgIpc) is 3.05. The van der Waals surface area contributed by atoms with Crippen molar-refractivity contribution in [3.63, 3.8) is 0 Å². The van der Waals surface area contributed by atoms with Crippen molar-refractivity contribution < 1.29 is 4.92 Å². The first-order chi connectivity index (χ1) is 10.1. The minimum Gasteiger partial charge on any atom is -0.390 e. The van der Waals surface area contributed by atoms with Crippen LogP contribution in [-0.2, 0) is 13.0 Å². The smallest absolute Gasteiger partial charge is 0.390 e. The Kier molecular flexibility index (Phi) is 3.17. The normalized spacial score (nSPS) is 11.1. The molecule has 0 atom stereocenters. The summed E-state index contributed by atoms with van der Waals surface area (Å²) in [6.45, 7) is 2.07. The Bertz CT molecular complexity index is 880. The van der Waals surface area contributed by atoms with Crippen molar-refractivity contribution in [3.05, 3.63) is 43.6 Å². The monoisotopic (exact) mass is 307 g/mol. The number of hydrogen-bond acceptors (Lipinski definition) is 8. The third-order valence-corrected chi connectivity index (χ3v) is 3.71. The molecule has 0 aliphatic rings. The van der Waals surface area contributed by atoms with Gasteiger partial charge in [-0.15, -0.1) is 0 Å². The zero-order valence-electron chi connectivity index (χ0n) is 10.8. The largest absolute Gasteiger partial charge is 0.490 e. The number of fused-ring (bicyclic) bond motifs is 1. The Balaban J connectivity index is 1.96. The first-order valence-corrected chi connectivity index (χ1v) is 6.81. The molecule has 0 amide bonds. The van der Waals surface area contributed by atoms with Crippen molar-refractivity contribution >= 4 is 22.2 Å². The Labute approximate surface area is 120 Å². The molecule has 10 nitrogen and oxygen atoms in total. The van der Waals surface area contributed by atoms with E-state index in [0.29, 0.717) is 10.7 Å². The summed E-state index contributed by atoms with van der Waals surface area (Å²) in [4.78, 5) is 30.1. The number of nitro groups is 1. The predicted molar refractivity (Wildman–Crippen MR) is 72.3 cm³/mol. The fourth-order valence-electron chi connectivity index (χ4n) is 1.73. The van der Waals surface area contributed by atoms with Gasteiger partial charge in [-0.25, -0.2) is 4.98 Å². The van der Waals surface area contributed by atoms with E-state index in [4.69, 9.17) is 0 Å². The van der Waals surface area contributed by atoms with Crippen LogP contribution < -0.4 is 5.56 Å². The van der Waals surface area contributed by atoms with Gasteiger partial charge in [0.05, 0.1) is 5.69 Å². The summed E-state index contributed by atoms with van der Waals surface area (Å²) in [6, 6.07) is 1.33. The van der Waals surface area contributed by atoms with Gasteiger partial charge in [-0.05, 0) is 11.3 Å². The number of nitrogens with zero attached hydrogens (tertiary/aromatic N) is 7. The second-order valence-corrected chi connectivity index (χ2v) is 5.17. The molecule has 0 radical (unpaired) electrons. The van der Waals surface area contributed by atoms with Gasteiger partial charge in [-0.1, -0.05) is 23.2 Å². The second kappa shape index (κ2) is 5.01. The van der Waals surface area contributed by atoms with E-state index < -0.39 is 10.9 Å². The molecule has 0 aromatic carbocycles. The number of aromatic nitrogens is 6. The molecule has 0 spiro atoms. The molecule has 11 heteroatoms. The first kappa shape index (κ1) is 13.3. The van der Waals surface area contributed by atoms with Gasteiger partial charge in [-0.3, -0.25) is 4.79 Å². The molecule has 0 aliphatic carbocycles. The third kappa shape index (κ3) is 2.50. The Morgan fingerprint density at radius 3 is 2.90 bits per heavy atom. The van der Waals surface area contributed by atoms with Crippen LogP contribution in [0.5, 0.6) is 0 Å². The van der Waals surface area contributed by atoms with E-state index in [1.54, 1.807) is 0 Å². The summed E-state index contributed by atoms with van der Waals surface area (Å²) in [5, 5.41) is 19.2. The Hall–Kier alpha value is -2.69. The molecule has 3 heterocycles. The molecule has 3 aromatic heterocycles. The van der Waals surface area contributed by atoms with Crippen LogP contribution in [0.1, 0.15) is 17.6 Å². The number of hydrogen-bond donors (Lipinski definition) is 0. The Morgan fingerprint density at radius 1 is 1.43 bits per heavy atom. The molecule has 0 bridgehead atoms. The van der Waals surface area contributed by atoms with Crippen molar-refractivity contribution in [2.24, 2.45) is 0 Å². The quantitative estimate of drug-likeness (QED) is 0.500. The van der Waals surface area contributed by atoms with Crippen molar-refractivity contribution in [1.29, 1.82) is 0 Å². The van der Waals surface area contributed by atoms with E-state index >= 15 is 0 Å². The maximum absolute atomic E-state index is 11.9. The molecule has 0 N–H and O–H groups in total. The van der Waals surface area contributed by atoms with Crippen LogP contribution in [0.2, 0.25) is 0 Å². The van der Waals surface area contributed by atoms with Gasteiger partial charge < -0.3 is 10.1 Å². The van der Waals surface area contributed by atoms with E-state index in [9.17, 15) is 14.9 Å².